The number of hydrogen-bond donors (Lipinski definition) is 0. The standard InChI is InChI=1S/C60H49BN2/c1-59(2,46-26-13-7-14-27-46)48-34-36-52-56(40-48)62(50-30-17-24-44(38-50)42-20-9-5-10-21-42)54-32-19-33-55-58(54)61(52)53-37-35-49(60(3,4)47-28-15-8-16-29-47)41-57(53)63(55)51-31-18-25-45(39-51)43-22-11-6-12-23-43/h5-41H,1-4H3. The zero-order chi connectivity index (χ0) is 42.7. The van der Waals surface area contributed by atoms with Gasteiger partial charge in [0.2, 0.25) is 0 Å². The molecule has 11 rings (SSSR count). The van der Waals surface area contributed by atoms with Crippen LogP contribution in [0.4, 0.5) is 34.1 Å². The van der Waals surface area contributed by atoms with Gasteiger partial charge in [0.1, 0.15) is 0 Å². The third kappa shape index (κ3) is 6.50. The van der Waals surface area contributed by atoms with Crippen LogP contribution in [0.2, 0.25) is 0 Å². The maximum absolute atomic E-state index is 2.54. The van der Waals surface area contributed by atoms with Gasteiger partial charge in [0.15, 0.2) is 0 Å². The molecule has 0 aliphatic carbocycles. The highest BCUT2D eigenvalue weighted by molar-refractivity contribution is 7.00. The Kier molecular flexibility index (Phi) is 9.32. The molecule has 2 aliphatic rings. The number of rotatable bonds is 8. The van der Waals surface area contributed by atoms with Crippen LogP contribution in [0.3, 0.4) is 0 Å². The molecule has 0 aromatic heterocycles. The van der Waals surface area contributed by atoms with Crippen LogP contribution in [-0.2, 0) is 10.8 Å². The van der Waals surface area contributed by atoms with Crippen LogP contribution < -0.4 is 26.2 Å². The van der Waals surface area contributed by atoms with E-state index in [2.05, 4.69) is 262 Å². The lowest BCUT2D eigenvalue weighted by Crippen LogP contribution is -2.61. The maximum atomic E-state index is 2.54. The van der Waals surface area contributed by atoms with E-state index in [1.807, 2.05) is 0 Å². The molecule has 0 bridgehead atoms. The second-order valence-electron chi connectivity index (χ2n) is 18.2. The SMILES string of the molecule is CC(C)(c1ccccc1)c1ccc2c(c1)N(c1cccc(-c3ccccc3)c1)c1cccc3c1B2c1ccc(C(C)(C)c2ccccc2)cc1N3c1cccc(-c2ccccc2)c1. The van der Waals surface area contributed by atoms with E-state index in [0.717, 1.165) is 11.4 Å². The Morgan fingerprint density at radius 2 is 0.667 bits per heavy atom. The summed E-state index contributed by atoms with van der Waals surface area (Å²) in [6.45, 7) is 9.42. The first-order chi connectivity index (χ1) is 30.8. The van der Waals surface area contributed by atoms with Crippen molar-refractivity contribution in [3.05, 3.63) is 247 Å². The summed E-state index contributed by atoms with van der Waals surface area (Å²) in [4.78, 5) is 5.08. The van der Waals surface area contributed by atoms with Gasteiger partial charge < -0.3 is 9.80 Å². The molecule has 63 heavy (non-hydrogen) atoms. The predicted octanol–water partition coefficient (Wildman–Crippen LogP) is 13.8. The monoisotopic (exact) mass is 808 g/mol. The molecule has 0 saturated heterocycles. The first-order valence-corrected chi connectivity index (χ1v) is 22.2. The van der Waals surface area contributed by atoms with Crippen LogP contribution in [0.15, 0.2) is 224 Å². The molecule has 0 N–H and O–H groups in total. The minimum Gasteiger partial charge on any atom is -0.311 e. The number of fused-ring (bicyclic) bond motifs is 4. The second-order valence-corrected chi connectivity index (χ2v) is 18.2. The van der Waals surface area contributed by atoms with Gasteiger partial charge in [0.05, 0.1) is 0 Å². The van der Waals surface area contributed by atoms with Gasteiger partial charge in [-0.05, 0) is 109 Å². The summed E-state index contributed by atoms with van der Waals surface area (Å²) in [6.07, 6.45) is 0. The molecule has 0 spiro atoms. The molecule has 2 aliphatic heterocycles. The van der Waals surface area contributed by atoms with Gasteiger partial charge in [-0.15, -0.1) is 0 Å². The van der Waals surface area contributed by atoms with E-state index in [-0.39, 0.29) is 17.5 Å². The summed E-state index contributed by atoms with van der Waals surface area (Å²) >= 11 is 0. The van der Waals surface area contributed by atoms with E-state index in [1.165, 1.54) is 83.6 Å². The van der Waals surface area contributed by atoms with E-state index < -0.39 is 0 Å². The van der Waals surface area contributed by atoms with Gasteiger partial charge in [-0.2, -0.15) is 0 Å². The largest absolute Gasteiger partial charge is 0.311 e. The summed E-state index contributed by atoms with van der Waals surface area (Å²) in [6, 6.07) is 83.1. The lowest BCUT2D eigenvalue weighted by molar-refractivity contribution is 0.641. The van der Waals surface area contributed by atoms with Crippen molar-refractivity contribution in [3.8, 4) is 22.3 Å². The fraction of sp³-hybridized carbons (Fsp3) is 0.100. The zero-order valence-corrected chi connectivity index (χ0v) is 36.3. The van der Waals surface area contributed by atoms with E-state index in [9.17, 15) is 0 Å². The molecule has 0 amide bonds. The molecule has 2 heterocycles. The molecule has 2 nitrogen and oxygen atoms in total. The van der Waals surface area contributed by atoms with Crippen LogP contribution in [0.1, 0.15) is 49.9 Å². The Hall–Kier alpha value is -7.36. The topological polar surface area (TPSA) is 6.48 Å². The van der Waals surface area contributed by atoms with Gasteiger partial charge in [0, 0.05) is 45.0 Å². The number of nitrogens with zero attached hydrogens (tertiary/aromatic N) is 2. The molecule has 0 radical (unpaired) electrons. The third-order valence-corrected chi connectivity index (χ3v) is 13.9. The number of anilines is 6. The van der Waals surface area contributed by atoms with E-state index in [4.69, 9.17) is 0 Å². The predicted molar refractivity (Wildman–Crippen MR) is 268 cm³/mol. The summed E-state index contributed by atoms with van der Waals surface area (Å²) in [5, 5.41) is 0. The third-order valence-electron chi connectivity index (χ3n) is 13.9. The lowest BCUT2D eigenvalue weighted by Gasteiger charge is -2.45. The summed E-state index contributed by atoms with van der Waals surface area (Å²) < 4.78 is 0. The Morgan fingerprint density at radius 1 is 0.302 bits per heavy atom. The average Bonchev–Trinajstić information content (AvgIpc) is 3.34. The highest BCUT2D eigenvalue weighted by Crippen LogP contribution is 2.47. The number of hydrogen-bond acceptors (Lipinski definition) is 2. The summed E-state index contributed by atoms with van der Waals surface area (Å²) in [7, 11) is 0. The van der Waals surface area contributed by atoms with Crippen molar-refractivity contribution < 1.29 is 0 Å². The van der Waals surface area contributed by atoms with Crippen molar-refractivity contribution in [1.29, 1.82) is 0 Å². The van der Waals surface area contributed by atoms with Gasteiger partial charge in [-0.1, -0.05) is 204 Å². The quantitative estimate of drug-likeness (QED) is 0.141. The van der Waals surface area contributed by atoms with Crippen molar-refractivity contribution in [1.82, 2.24) is 0 Å². The van der Waals surface area contributed by atoms with Crippen LogP contribution in [0.25, 0.3) is 22.3 Å². The second kappa shape index (κ2) is 15.2. The fourth-order valence-corrected chi connectivity index (χ4v) is 10.2. The Balaban J connectivity index is 1.18. The fourth-order valence-electron chi connectivity index (χ4n) is 10.2. The first-order valence-electron chi connectivity index (χ1n) is 22.2. The minimum atomic E-state index is -0.223. The highest BCUT2D eigenvalue weighted by Gasteiger charge is 2.44. The van der Waals surface area contributed by atoms with Crippen molar-refractivity contribution in [2.75, 3.05) is 9.80 Å². The zero-order valence-electron chi connectivity index (χ0n) is 36.3. The van der Waals surface area contributed by atoms with Crippen molar-refractivity contribution in [2.24, 2.45) is 0 Å². The molecular formula is C60H49BN2. The molecule has 9 aromatic rings. The van der Waals surface area contributed by atoms with Crippen molar-refractivity contribution in [2.45, 2.75) is 38.5 Å². The molecule has 3 heteroatoms. The van der Waals surface area contributed by atoms with E-state index in [0.29, 0.717) is 0 Å². The van der Waals surface area contributed by atoms with Crippen LogP contribution in [0.5, 0.6) is 0 Å². The molecule has 0 fully saturated rings. The van der Waals surface area contributed by atoms with Gasteiger partial charge in [-0.3, -0.25) is 0 Å². The van der Waals surface area contributed by atoms with E-state index >= 15 is 0 Å². The lowest BCUT2D eigenvalue weighted by atomic mass is 9.33. The Labute approximate surface area is 372 Å². The van der Waals surface area contributed by atoms with Crippen molar-refractivity contribution >= 4 is 57.2 Å². The molecule has 0 saturated carbocycles. The van der Waals surface area contributed by atoms with Gasteiger partial charge >= 0.3 is 0 Å². The Bertz CT molecular complexity index is 2910. The molecule has 302 valence electrons. The number of benzene rings is 9. The minimum absolute atomic E-state index is 0.00564. The summed E-state index contributed by atoms with van der Waals surface area (Å²) in [5.41, 5.74) is 20.6. The summed E-state index contributed by atoms with van der Waals surface area (Å²) in [5.74, 6) is 0. The smallest absolute Gasteiger partial charge is 0.252 e. The van der Waals surface area contributed by atoms with Crippen molar-refractivity contribution in [3.63, 3.8) is 0 Å². The Morgan fingerprint density at radius 3 is 1.08 bits per heavy atom. The molecule has 0 atom stereocenters. The van der Waals surface area contributed by atoms with E-state index in [1.54, 1.807) is 0 Å². The molecule has 9 aromatic carbocycles. The van der Waals surface area contributed by atoms with Gasteiger partial charge in [-0.25, -0.2) is 0 Å². The van der Waals surface area contributed by atoms with Crippen LogP contribution in [-0.4, -0.2) is 6.71 Å². The van der Waals surface area contributed by atoms with Crippen LogP contribution >= 0.6 is 0 Å². The first kappa shape index (κ1) is 38.6. The average molecular weight is 809 g/mol. The normalized spacial score (nSPS) is 13.0. The van der Waals surface area contributed by atoms with Crippen LogP contribution in [0, 0.1) is 0 Å². The van der Waals surface area contributed by atoms with Gasteiger partial charge in [0.25, 0.3) is 6.71 Å². The highest BCUT2D eigenvalue weighted by atomic mass is 15.2. The maximum Gasteiger partial charge on any atom is 0.252 e. The molecular weight excluding hydrogens is 759 g/mol. The molecule has 0 unspecified atom stereocenters.